The van der Waals surface area contributed by atoms with Crippen LogP contribution >= 0.6 is 0 Å². The van der Waals surface area contributed by atoms with Gasteiger partial charge in [-0.3, -0.25) is 4.90 Å². The van der Waals surface area contributed by atoms with E-state index in [1.807, 2.05) is 0 Å². The van der Waals surface area contributed by atoms with E-state index in [-0.39, 0.29) is 5.54 Å². The first-order valence-electron chi connectivity index (χ1n) is 4.40. The van der Waals surface area contributed by atoms with Gasteiger partial charge in [0.15, 0.2) is 0 Å². The molecule has 1 aliphatic heterocycles. The van der Waals surface area contributed by atoms with Gasteiger partial charge >= 0.3 is 0 Å². The number of carbonyl (C=O) groups is 1. The summed E-state index contributed by atoms with van der Waals surface area (Å²) in [5, 5.41) is 0. The molecule has 1 radical (unpaired) electrons. The van der Waals surface area contributed by atoms with Gasteiger partial charge in [-0.2, -0.15) is 0 Å². The molecule has 0 aromatic carbocycles. The van der Waals surface area contributed by atoms with E-state index in [9.17, 15) is 4.79 Å². The van der Waals surface area contributed by atoms with Crippen molar-refractivity contribution in [1.82, 2.24) is 4.90 Å². The highest BCUT2D eigenvalue weighted by atomic mass is 16.1. The van der Waals surface area contributed by atoms with Crippen molar-refractivity contribution < 1.29 is 4.79 Å². The number of hydrogen-bond donors (Lipinski definition) is 0. The molecule has 1 aliphatic carbocycles. The van der Waals surface area contributed by atoms with Crippen molar-refractivity contribution in [3.8, 4) is 0 Å². The Bertz CT molecular complexity index is 157. The van der Waals surface area contributed by atoms with Crippen LogP contribution < -0.4 is 0 Å². The lowest BCUT2D eigenvalue weighted by atomic mass is 10.1. The molecule has 0 bridgehead atoms. The molecule has 0 aromatic rings. The van der Waals surface area contributed by atoms with Gasteiger partial charge in [0.1, 0.15) is 6.29 Å². The summed E-state index contributed by atoms with van der Waals surface area (Å²) >= 11 is 0. The first kappa shape index (κ1) is 7.29. The van der Waals surface area contributed by atoms with Crippen molar-refractivity contribution in [2.24, 2.45) is 0 Å². The summed E-state index contributed by atoms with van der Waals surface area (Å²) in [5.74, 6) is 0. The minimum absolute atomic E-state index is 0.00569. The van der Waals surface area contributed by atoms with E-state index in [4.69, 9.17) is 0 Å². The number of carbonyl (C=O) groups excluding carboxylic acids is 1. The third-order valence-corrected chi connectivity index (χ3v) is 2.82. The molecule has 0 spiro atoms. The number of likely N-dealkylation sites (tertiary alicyclic amines) is 1. The Morgan fingerprint density at radius 3 is 2.36 bits per heavy atom. The Morgan fingerprint density at radius 1 is 1.27 bits per heavy atom. The van der Waals surface area contributed by atoms with Gasteiger partial charge in [-0.25, -0.2) is 0 Å². The average molecular weight is 152 g/mol. The quantitative estimate of drug-likeness (QED) is 0.550. The van der Waals surface area contributed by atoms with Crippen molar-refractivity contribution >= 4 is 6.29 Å². The van der Waals surface area contributed by atoms with E-state index in [0.717, 1.165) is 45.1 Å². The molecule has 0 aromatic heterocycles. The molecule has 2 nitrogen and oxygen atoms in total. The predicted octanol–water partition coefficient (Wildman–Crippen LogP) is 1.02. The largest absolute Gasteiger partial charge is 0.301 e. The zero-order chi connectivity index (χ0) is 7.73. The highest BCUT2D eigenvalue weighted by molar-refractivity contribution is 5.68. The van der Waals surface area contributed by atoms with Crippen LogP contribution in [0.2, 0.25) is 0 Å². The van der Waals surface area contributed by atoms with Gasteiger partial charge in [-0.15, -0.1) is 0 Å². The van der Waals surface area contributed by atoms with Crippen LogP contribution in [0, 0.1) is 6.42 Å². The zero-order valence-electron chi connectivity index (χ0n) is 6.75. The lowest BCUT2D eigenvalue weighted by Crippen LogP contribution is -2.42. The standard InChI is InChI=1S/C9H14NO/c11-8-9(4-5-9)10-6-2-1-3-7-10/h1,8H,2-7H2. The monoisotopic (exact) mass is 152 g/mol. The van der Waals surface area contributed by atoms with Crippen molar-refractivity contribution in [3.63, 3.8) is 0 Å². The van der Waals surface area contributed by atoms with Gasteiger partial charge in [-0.1, -0.05) is 0 Å². The van der Waals surface area contributed by atoms with Crippen molar-refractivity contribution in [2.75, 3.05) is 13.1 Å². The summed E-state index contributed by atoms with van der Waals surface area (Å²) < 4.78 is 0. The molecule has 2 rings (SSSR count). The van der Waals surface area contributed by atoms with Crippen LogP contribution in [0.15, 0.2) is 0 Å². The molecular formula is C9H14NO. The second kappa shape index (κ2) is 2.59. The fourth-order valence-electron chi connectivity index (χ4n) is 1.83. The van der Waals surface area contributed by atoms with Crippen LogP contribution in [0.1, 0.15) is 25.7 Å². The molecule has 2 heteroatoms. The summed E-state index contributed by atoms with van der Waals surface area (Å²) in [5.41, 5.74) is -0.00569. The normalized spacial score (nSPS) is 29.8. The highest BCUT2D eigenvalue weighted by Crippen LogP contribution is 2.40. The summed E-state index contributed by atoms with van der Waals surface area (Å²) in [6.07, 6.45) is 7.98. The number of hydrogen-bond acceptors (Lipinski definition) is 2. The highest BCUT2D eigenvalue weighted by Gasteiger charge is 2.47. The fourth-order valence-corrected chi connectivity index (χ4v) is 1.83. The summed E-state index contributed by atoms with van der Waals surface area (Å²) in [4.78, 5) is 13.1. The lowest BCUT2D eigenvalue weighted by Gasteiger charge is -2.31. The molecule has 0 unspecified atom stereocenters. The van der Waals surface area contributed by atoms with Crippen LogP contribution in [-0.2, 0) is 4.79 Å². The number of rotatable bonds is 2. The van der Waals surface area contributed by atoms with E-state index in [1.54, 1.807) is 0 Å². The van der Waals surface area contributed by atoms with Gasteiger partial charge in [0.2, 0.25) is 0 Å². The molecule has 1 heterocycles. The topological polar surface area (TPSA) is 20.3 Å². The van der Waals surface area contributed by atoms with E-state index in [0.29, 0.717) is 0 Å². The minimum Gasteiger partial charge on any atom is -0.301 e. The predicted molar refractivity (Wildman–Crippen MR) is 43.1 cm³/mol. The zero-order valence-corrected chi connectivity index (χ0v) is 6.75. The molecule has 0 atom stereocenters. The molecular weight excluding hydrogens is 138 g/mol. The van der Waals surface area contributed by atoms with Crippen LogP contribution in [0.25, 0.3) is 0 Å². The maximum absolute atomic E-state index is 10.7. The first-order chi connectivity index (χ1) is 5.37. The Kier molecular flexibility index (Phi) is 1.72. The smallest absolute Gasteiger partial charge is 0.140 e. The van der Waals surface area contributed by atoms with Crippen LogP contribution in [0.5, 0.6) is 0 Å². The number of piperidine rings is 1. The average Bonchev–Trinajstić information content (AvgIpc) is 2.86. The SMILES string of the molecule is O=CC1(N2CC[CH]CC2)CC1. The molecule has 1 saturated carbocycles. The maximum Gasteiger partial charge on any atom is 0.140 e. The number of aldehydes is 1. The summed E-state index contributed by atoms with van der Waals surface area (Å²) in [6.45, 7) is 2.19. The lowest BCUT2D eigenvalue weighted by molar-refractivity contribution is -0.114. The van der Waals surface area contributed by atoms with Gasteiger partial charge in [-0.05, 0) is 45.2 Å². The number of nitrogens with zero attached hydrogens (tertiary/aromatic N) is 1. The van der Waals surface area contributed by atoms with Crippen molar-refractivity contribution in [3.05, 3.63) is 6.42 Å². The summed E-state index contributed by atoms with van der Waals surface area (Å²) in [6, 6.07) is 0. The van der Waals surface area contributed by atoms with E-state index in [2.05, 4.69) is 11.3 Å². The Labute approximate surface area is 67.6 Å². The Balaban J connectivity index is 1.97. The molecule has 61 valence electrons. The third-order valence-electron chi connectivity index (χ3n) is 2.82. The molecule has 0 amide bonds. The first-order valence-corrected chi connectivity index (χ1v) is 4.40. The molecule has 0 N–H and O–H groups in total. The van der Waals surface area contributed by atoms with Gasteiger partial charge in [0.25, 0.3) is 0 Å². The Hall–Kier alpha value is -0.370. The summed E-state index contributed by atoms with van der Waals surface area (Å²) in [7, 11) is 0. The second-order valence-electron chi connectivity index (χ2n) is 3.57. The molecule has 2 aliphatic rings. The Morgan fingerprint density at radius 2 is 1.91 bits per heavy atom. The second-order valence-corrected chi connectivity index (χ2v) is 3.57. The van der Waals surface area contributed by atoms with Crippen molar-refractivity contribution in [1.29, 1.82) is 0 Å². The minimum atomic E-state index is -0.00569. The van der Waals surface area contributed by atoms with Crippen LogP contribution in [0.3, 0.4) is 0 Å². The van der Waals surface area contributed by atoms with E-state index < -0.39 is 0 Å². The van der Waals surface area contributed by atoms with Crippen LogP contribution in [0.4, 0.5) is 0 Å². The molecule has 2 fully saturated rings. The van der Waals surface area contributed by atoms with Crippen molar-refractivity contribution in [2.45, 2.75) is 31.2 Å². The van der Waals surface area contributed by atoms with E-state index in [1.165, 1.54) is 0 Å². The molecule has 1 saturated heterocycles. The maximum atomic E-state index is 10.7. The van der Waals surface area contributed by atoms with Gasteiger partial charge in [0.05, 0.1) is 5.54 Å². The van der Waals surface area contributed by atoms with Gasteiger partial charge in [0, 0.05) is 0 Å². The van der Waals surface area contributed by atoms with Gasteiger partial charge < -0.3 is 4.79 Å². The fraction of sp³-hybridized carbons (Fsp3) is 0.778. The molecule has 11 heavy (non-hydrogen) atoms. The van der Waals surface area contributed by atoms with Crippen LogP contribution in [-0.4, -0.2) is 29.8 Å². The van der Waals surface area contributed by atoms with E-state index >= 15 is 0 Å². The third kappa shape index (κ3) is 1.20.